The van der Waals surface area contributed by atoms with Gasteiger partial charge in [-0.1, -0.05) is 13.8 Å². The van der Waals surface area contributed by atoms with Crippen molar-refractivity contribution < 1.29 is 14.6 Å². The number of nitrogens with zero attached hydrogens (tertiary/aromatic N) is 1. The first-order valence-corrected chi connectivity index (χ1v) is 5.16. The maximum atomic E-state index is 10.9. The Labute approximate surface area is 84.8 Å². The Balaban J connectivity index is 2.42. The van der Waals surface area contributed by atoms with Crippen LogP contribution in [0.4, 0.5) is 0 Å². The van der Waals surface area contributed by atoms with E-state index in [1.165, 1.54) is 0 Å². The van der Waals surface area contributed by atoms with Crippen LogP contribution < -0.4 is 0 Å². The van der Waals surface area contributed by atoms with Crippen LogP contribution >= 0.6 is 0 Å². The first-order valence-electron chi connectivity index (χ1n) is 5.16. The van der Waals surface area contributed by atoms with Crippen LogP contribution in [0, 0.1) is 5.92 Å². The Bertz CT molecular complexity index is 194. The average Bonchev–Trinajstić information content (AvgIpc) is 2.15. The number of ether oxygens (including phenoxy) is 1. The van der Waals surface area contributed by atoms with Gasteiger partial charge in [0.2, 0.25) is 0 Å². The quantitative estimate of drug-likeness (QED) is 0.731. The highest BCUT2D eigenvalue weighted by molar-refractivity contribution is 5.73. The van der Waals surface area contributed by atoms with Gasteiger partial charge in [-0.15, -0.1) is 0 Å². The minimum absolute atomic E-state index is 0.327. The molecule has 4 heteroatoms. The summed E-state index contributed by atoms with van der Waals surface area (Å²) in [6.07, 6.45) is 1.05. The Morgan fingerprint density at radius 2 is 2.36 bits per heavy atom. The molecule has 1 aliphatic rings. The predicted octanol–water partition coefficient (Wildman–Crippen LogP) is 0.818. The Kier molecular flexibility index (Phi) is 4.35. The Hall–Kier alpha value is -0.610. The van der Waals surface area contributed by atoms with Crippen LogP contribution in [0.2, 0.25) is 0 Å². The molecule has 0 bridgehead atoms. The molecule has 0 radical (unpaired) electrons. The molecule has 0 aromatic heterocycles. The molecule has 0 aromatic carbocycles. The van der Waals surface area contributed by atoms with Gasteiger partial charge in [0.05, 0.1) is 13.2 Å². The van der Waals surface area contributed by atoms with Gasteiger partial charge in [0.1, 0.15) is 6.04 Å². The van der Waals surface area contributed by atoms with Gasteiger partial charge < -0.3 is 9.84 Å². The first kappa shape index (κ1) is 11.5. The van der Waals surface area contributed by atoms with Crippen LogP contribution in [0.15, 0.2) is 0 Å². The molecule has 0 saturated carbocycles. The van der Waals surface area contributed by atoms with Crippen molar-refractivity contribution in [3.63, 3.8) is 0 Å². The van der Waals surface area contributed by atoms with Gasteiger partial charge in [-0.2, -0.15) is 0 Å². The van der Waals surface area contributed by atoms with E-state index in [0.29, 0.717) is 19.1 Å². The van der Waals surface area contributed by atoms with Crippen molar-refractivity contribution >= 4 is 5.97 Å². The molecule has 1 aliphatic heterocycles. The Morgan fingerprint density at radius 1 is 1.64 bits per heavy atom. The van der Waals surface area contributed by atoms with E-state index in [-0.39, 0.29) is 0 Å². The zero-order valence-electron chi connectivity index (χ0n) is 8.90. The van der Waals surface area contributed by atoms with Gasteiger partial charge >= 0.3 is 5.97 Å². The normalized spacial score (nSPS) is 24.1. The van der Waals surface area contributed by atoms with Crippen LogP contribution in [0.25, 0.3) is 0 Å². The third-order valence-electron chi connectivity index (χ3n) is 2.52. The second-order valence-corrected chi connectivity index (χ2v) is 4.15. The summed E-state index contributed by atoms with van der Waals surface area (Å²) in [7, 11) is 0. The molecule has 1 atom stereocenters. The van der Waals surface area contributed by atoms with Crippen LogP contribution in [0.3, 0.4) is 0 Å². The summed E-state index contributed by atoms with van der Waals surface area (Å²) < 4.78 is 5.16. The van der Waals surface area contributed by atoms with Gasteiger partial charge in [-0.3, -0.25) is 9.69 Å². The van der Waals surface area contributed by atoms with Crippen molar-refractivity contribution in [3.8, 4) is 0 Å². The summed E-state index contributed by atoms with van der Waals surface area (Å²) in [6, 6.07) is -0.442. The highest BCUT2D eigenvalue weighted by Crippen LogP contribution is 2.10. The minimum atomic E-state index is -0.770. The number of rotatable bonds is 4. The molecule has 0 spiro atoms. The van der Waals surface area contributed by atoms with E-state index < -0.39 is 12.0 Å². The zero-order chi connectivity index (χ0) is 10.6. The number of carboxylic acid groups (broad SMARTS) is 1. The van der Waals surface area contributed by atoms with Gasteiger partial charge in [0.15, 0.2) is 0 Å². The van der Waals surface area contributed by atoms with Crippen molar-refractivity contribution in [2.75, 3.05) is 26.3 Å². The van der Waals surface area contributed by atoms with Gasteiger partial charge in [-0.25, -0.2) is 0 Å². The minimum Gasteiger partial charge on any atom is -0.480 e. The molecule has 1 unspecified atom stereocenters. The predicted molar refractivity (Wildman–Crippen MR) is 53.3 cm³/mol. The lowest BCUT2D eigenvalue weighted by molar-refractivity contribution is -0.149. The maximum absolute atomic E-state index is 10.9. The molecule has 0 amide bonds. The van der Waals surface area contributed by atoms with Crippen molar-refractivity contribution in [2.45, 2.75) is 26.3 Å². The molecule has 1 N–H and O–H groups in total. The lowest BCUT2D eigenvalue weighted by atomic mass is 10.1. The van der Waals surface area contributed by atoms with E-state index in [0.717, 1.165) is 19.5 Å². The topological polar surface area (TPSA) is 49.8 Å². The van der Waals surface area contributed by atoms with E-state index >= 15 is 0 Å². The number of hydrogen-bond donors (Lipinski definition) is 1. The van der Waals surface area contributed by atoms with E-state index in [9.17, 15) is 4.79 Å². The summed E-state index contributed by atoms with van der Waals surface area (Å²) in [5.41, 5.74) is 0. The van der Waals surface area contributed by atoms with Crippen LogP contribution in [-0.4, -0.2) is 48.3 Å². The molecule has 1 heterocycles. The SMILES string of the molecule is CC(C)CCN1CCOCC1C(=O)O. The van der Waals surface area contributed by atoms with Gasteiger partial charge in [-0.05, 0) is 18.9 Å². The Morgan fingerprint density at radius 3 is 2.93 bits per heavy atom. The number of morpholine rings is 1. The van der Waals surface area contributed by atoms with Crippen molar-refractivity contribution in [1.29, 1.82) is 0 Å². The second-order valence-electron chi connectivity index (χ2n) is 4.15. The highest BCUT2D eigenvalue weighted by Gasteiger charge is 2.28. The molecule has 0 aliphatic carbocycles. The molecule has 14 heavy (non-hydrogen) atoms. The summed E-state index contributed by atoms with van der Waals surface area (Å²) in [5, 5.41) is 8.95. The first-order chi connectivity index (χ1) is 6.61. The third-order valence-corrected chi connectivity index (χ3v) is 2.52. The summed E-state index contributed by atoms with van der Waals surface area (Å²) in [6.45, 7) is 6.88. The van der Waals surface area contributed by atoms with E-state index in [1.807, 2.05) is 4.90 Å². The van der Waals surface area contributed by atoms with E-state index in [4.69, 9.17) is 9.84 Å². The van der Waals surface area contributed by atoms with Crippen molar-refractivity contribution in [1.82, 2.24) is 4.90 Å². The fraction of sp³-hybridized carbons (Fsp3) is 0.900. The fourth-order valence-corrected chi connectivity index (χ4v) is 1.56. The summed E-state index contributed by atoms with van der Waals surface area (Å²) in [4.78, 5) is 12.9. The second kappa shape index (κ2) is 5.32. The van der Waals surface area contributed by atoms with E-state index in [2.05, 4.69) is 13.8 Å². The summed E-state index contributed by atoms with van der Waals surface area (Å²) >= 11 is 0. The maximum Gasteiger partial charge on any atom is 0.323 e. The molecular formula is C10H19NO3. The largest absolute Gasteiger partial charge is 0.480 e. The molecule has 82 valence electrons. The highest BCUT2D eigenvalue weighted by atomic mass is 16.5. The number of carboxylic acids is 1. The molecule has 1 rings (SSSR count). The molecule has 0 aromatic rings. The number of hydrogen-bond acceptors (Lipinski definition) is 3. The lowest BCUT2D eigenvalue weighted by Gasteiger charge is -2.33. The van der Waals surface area contributed by atoms with Gasteiger partial charge in [0.25, 0.3) is 0 Å². The average molecular weight is 201 g/mol. The number of carbonyl (C=O) groups is 1. The standard InChI is InChI=1S/C10H19NO3/c1-8(2)3-4-11-5-6-14-7-9(11)10(12)13/h8-9H,3-7H2,1-2H3,(H,12,13). The van der Waals surface area contributed by atoms with Crippen LogP contribution in [0.5, 0.6) is 0 Å². The van der Waals surface area contributed by atoms with Gasteiger partial charge in [0, 0.05) is 6.54 Å². The van der Waals surface area contributed by atoms with E-state index in [1.54, 1.807) is 0 Å². The molecular weight excluding hydrogens is 182 g/mol. The molecule has 4 nitrogen and oxygen atoms in total. The lowest BCUT2D eigenvalue weighted by Crippen LogP contribution is -2.50. The van der Waals surface area contributed by atoms with Crippen LogP contribution in [-0.2, 0) is 9.53 Å². The zero-order valence-corrected chi connectivity index (χ0v) is 8.90. The fourth-order valence-electron chi connectivity index (χ4n) is 1.56. The molecule has 1 saturated heterocycles. The van der Waals surface area contributed by atoms with Crippen molar-refractivity contribution in [3.05, 3.63) is 0 Å². The smallest absolute Gasteiger partial charge is 0.323 e. The monoisotopic (exact) mass is 201 g/mol. The molecule has 1 fully saturated rings. The van der Waals surface area contributed by atoms with Crippen molar-refractivity contribution in [2.24, 2.45) is 5.92 Å². The summed E-state index contributed by atoms with van der Waals surface area (Å²) in [5.74, 6) is -0.152. The number of aliphatic carboxylic acids is 1. The third kappa shape index (κ3) is 3.27. The van der Waals surface area contributed by atoms with Crippen LogP contribution in [0.1, 0.15) is 20.3 Å².